The van der Waals surface area contributed by atoms with Crippen molar-refractivity contribution in [2.45, 2.75) is 36.1 Å². The Kier molecular flexibility index (Phi) is 5.25. The van der Waals surface area contributed by atoms with Crippen LogP contribution in [0.5, 0.6) is 0 Å². The summed E-state index contributed by atoms with van der Waals surface area (Å²) in [4.78, 5) is 1.64. The lowest BCUT2D eigenvalue weighted by Gasteiger charge is -2.11. The normalized spacial score (nSPS) is 12.0. The molecule has 0 amide bonds. The largest absolute Gasteiger partial charge is 0.340 e. The summed E-state index contributed by atoms with van der Waals surface area (Å²) >= 11 is 1.74. The van der Waals surface area contributed by atoms with Gasteiger partial charge in [0, 0.05) is 34.3 Å². The number of aryl methyl sites for hydroxylation is 1. The number of sulfone groups is 1. The molecule has 3 nitrogen and oxygen atoms in total. The molecule has 0 atom stereocenters. The Bertz CT molecular complexity index is 986. The van der Waals surface area contributed by atoms with Crippen molar-refractivity contribution in [3.63, 3.8) is 0 Å². The molecule has 132 valence electrons. The molecule has 0 aliphatic heterocycles. The zero-order valence-electron chi connectivity index (χ0n) is 14.8. The van der Waals surface area contributed by atoms with Crippen molar-refractivity contribution in [1.82, 2.24) is 4.57 Å². The van der Waals surface area contributed by atoms with Crippen molar-refractivity contribution in [3.8, 4) is 0 Å². The maximum Gasteiger partial charge on any atom is 0.175 e. The number of aromatic nitrogens is 1. The third kappa shape index (κ3) is 3.93. The molecule has 0 N–H and O–H groups in total. The van der Waals surface area contributed by atoms with Gasteiger partial charge in [-0.15, -0.1) is 11.8 Å². The highest BCUT2D eigenvalue weighted by Crippen LogP contribution is 2.26. The summed E-state index contributed by atoms with van der Waals surface area (Å²) in [5.41, 5.74) is 3.58. The Hall–Kier alpha value is -1.72. The third-order valence-corrected chi connectivity index (χ3v) is 6.25. The highest BCUT2D eigenvalue weighted by Gasteiger charge is 2.13. The molecule has 25 heavy (non-hydrogen) atoms. The molecule has 3 aromatic rings. The quantitative estimate of drug-likeness (QED) is 0.584. The predicted molar refractivity (Wildman–Crippen MR) is 106 cm³/mol. The number of hydrogen-bond acceptors (Lipinski definition) is 3. The van der Waals surface area contributed by atoms with Crippen molar-refractivity contribution < 1.29 is 8.42 Å². The van der Waals surface area contributed by atoms with Gasteiger partial charge in [-0.05, 0) is 54.6 Å². The first-order valence-electron chi connectivity index (χ1n) is 8.37. The molecule has 0 saturated carbocycles. The van der Waals surface area contributed by atoms with Gasteiger partial charge in [-0.3, -0.25) is 0 Å². The van der Waals surface area contributed by atoms with Gasteiger partial charge >= 0.3 is 0 Å². The summed E-state index contributed by atoms with van der Waals surface area (Å²) in [6, 6.07) is 16.2. The van der Waals surface area contributed by atoms with E-state index in [0.29, 0.717) is 4.90 Å². The minimum absolute atomic E-state index is 0.379. The van der Waals surface area contributed by atoms with E-state index in [9.17, 15) is 8.42 Å². The Morgan fingerprint density at radius 1 is 1.04 bits per heavy atom. The fourth-order valence-corrected chi connectivity index (χ4v) is 4.16. The number of thioether (sulfide) groups is 1. The van der Waals surface area contributed by atoms with E-state index in [2.05, 4.69) is 48.1 Å². The summed E-state index contributed by atoms with van der Waals surface area (Å²) in [7, 11) is -3.19. The standard InChI is InChI=1S/C20H23NO2S2/c1-4-5-17-12-16-13-19(25(3,22)23)10-11-20(16)21(17)14-15-6-8-18(24-2)9-7-15/h6-13H,4-5,14H2,1-3H3. The van der Waals surface area contributed by atoms with Crippen LogP contribution < -0.4 is 0 Å². The lowest BCUT2D eigenvalue weighted by atomic mass is 10.2. The topological polar surface area (TPSA) is 39.1 Å². The van der Waals surface area contributed by atoms with E-state index in [4.69, 9.17) is 0 Å². The number of benzene rings is 2. The Morgan fingerprint density at radius 3 is 2.36 bits per heavy atom. The average Bonchev–Trinajstić information content (AvgIpc) is 2.92. The van der Waals surface area contributed by atoms with Crippen LogP contribution in [0.3, 0.4) is 0 Å². The Labute approximate surface area is 154 Å². The number of nitrogens with zero attached hydrogens (tertiary/aromatic N) is 1. The Morgan fingerprint density at radius 2 is 1.76 bits per heavy atom. The molecule has 0 bridgehead atoms. The van der Waals surface area contributed by atoms with E-state index in [0.717, 1.165) is 30.3 Å². The van der Waals surface area contributed by atoms with Crippen LogP contribution >= 0.6 is 11.8 Å². The minimum Gasteiger partial charge on any atom is -0.340 e. The lowest BCUT2D eigenvalue weighted by molar-refractivity contribution is 0.602. The fraction of sp³-hybridized carbons (Fsp3) is 0.300. The molecule has 3 rings (SSSR count). The number of rotatable bonds is 6. The predicted octanol–water partition coefficient (Wildman–Crippen LogP) is 4.77. The van der Waals surface area contributed by atoms with Gasteiger partial charge in [-0.2, -0.15) is 0 Å². The van der Waals surface area contributed by atoms with E-state index in [1.54, 1.807) is 23.9 Å². The van der Waals surface area contributed by atoms with Gasteiger partial charge in [-0.25, -0.2) is 8.42 Å². The molecule has 0 fully saturated rings. The first-order chi connectivity index (χ1) is 11.9. The van der Waals surface area contributed by atoms with E-state index in [1.807, 2.05) is 6.07 Å². The van der Waals surface area contributed by atoms with Crippen LogP contribution in [-0.4, -0.2) is 25.5 Å². The summed E-state index contributed by atoms with van der Waals surface area (Å²) in [5.74, 6) is 0. The summed E-state index contributed by atoms with van der Waals surface area (Å²) in [6.45, 7) is 2.96. The van der Waals surface area contributed by atoms with Crippen LogP contribution in [0, 0.1) is 0 Å². The molecule has 2 aromatic carbocycles. The molecule has 0 spiro atoms. The van der Waals surface area contributed by atoms with Crippen LogP contribution in [0.1, 0.15) is 24.6 Å². The second-order valence-corrected chi connectivity index (χ2v) is 9.21. The molecular weight excluding hydrogens is 350 g/mol. The highest BCUT2D eigenvalue weighted by molar-refractivity contribution is 7.98. The maximum absolute atomic E-state index is 11.8. The Balaban J connectivity index is 2.06. The smallest absolute Gasteiger partial charge is 0.175 e. The monoisotopic (exact) mass is 373 g/mol. The first kappa shape index (κ1) is 18.1. The van der Waals surface area contributed by atoms with Gasteiger partial charge in [0.05, 0.1) is 4.90 Å². The van der Waals surface area contributed by atoms with E-state index < -0.39 is 9.84 Å². The van der Waals surface area contributed by atoms with Crippen LogP contribution in [0.2, 0.25) is 0 Å². The molecule has 0 radical (unpaired) electrons. The molecule has 0 unspecified atom stereocenters. The van der Waals surface area contributed by atoms with Crippen molar-refractivity contribution in [2.24, 2.45) is 0 Å². The maximum atomic E-state index is 11.8. The van der Waals surface area contributed by atoms with Crippen LogP contribution in [-0.2, 0) is 22.8 Å². The van der Waals surface area contributed by atoms with Crippen molar-refractivity contribution >= 4 is 32.5 Å². The second-order valence-electron chi connectivity index (χ2n) is 6.31. The second kappa shape index (κ2) is 7.26. The van der Waals surface area contributed by atoms with Crippen molar-refractivity contribution in [3.05, 3.63) is 59.8 Å². The number of hydrogen-bond donors (Lipinski definition) is 0. The van der Waals surface area contributed by atoms with Gasteiger partial charge in [0.1, 0.15) is 0 Å². The molecular formula is C20H23NO2S2. The van der Waals surface area contributed by atoms with Gasteiger partial charge in [0.25, 0.3) is 0 Å². The zero-order valence-corrected chi connectivity index (χ0v) is 16.5. The molecule has 0 saturated heterocycles. The van der Waals surface area contributed by atoms with E-state index in [-0.39, 0.29) is 0 Å². The van der Waals surface area contributed by atoms with Gasteiger partial charge in [-0.1, -0.05) is 25.5 Å². The summed E-state index contributed by atoms with van der Waals surface area (Å²) in [6.07, 6.45) is 5.37. The van der Waals surface area contributed by atoms with Crippen LogP contribution in [0.15, 0.2) is 58.3 Å². The zero-order chi connectivity index (χ0) is 18.0. The minimum atomic E-state index is -3.19. The first-order valence-corrected chi connectivity index (χ1v) is 11.5. The van der Waals surface area contributed by atoms with Crippen molar-refractivity contribution in [1.29, 1.82) is 0 Å². The fourth-order valence-electron chi connectivity index (χ4n) is 3.10. The molecule has 5 heteroatoms. The SMILES string of the molecule is CCCc1cc2cc(S(C)(=O)=O)ccc2n1Cc1ccc(SC)cc1. The molecule has 0 aliphatic rings. The van der Waals surface area contributed by atoms with Crippen LogP contribution in [0.25, 0.3) is 10.9 Å². The van der Waals surface area contributed by atoms with Gasteiger partial charge < -0.3 is 4.57 Å². The van der Waals surface area contributed by atoms with E-state index in [1.165, 1.54) is 22.4 Å². The van der Waals surface area contributed by atoms with Gasteiger partial charge in [0.15, 0.2) is 9.84 Å². The average molecular weight is 374 g/mol. The lowest BCUT2D eigenvalue weighted by Crippen LogP contribution is -2.04. The summed E-state index contributed by atoms with van der Waals surface area (Å²) in [5, 5.41) is 0.993. The molecule has 1 heterocycles. The van der Waals surface area contributed by atoms with Crippen LogP contribution in [0.4, 0.5) is 0 Å². The van der Waals surface area contributed by atoms with E-state index >= 15 is 0 Å². The third-order valence-electron chi connectivity index (χ3n) is 4.39. The van der Waals surface area contributed by atoms with Gasteiger partial charge in [0.2, 0.25) is 0 Å². The molecule has 1 aromatic heterocycles. The molecule has 0 aliphatic carbocycles. The highest BCUT2D eigenvalue weighted by atomic mass is 32.2. The van der Waals surface area contributed by atoms with Crippen molar-refractivity contribution in [2.75, 3.05) is 12.5 Å². The number of fused-ring (bicyclic) bond motifs is 1. The summed E-state index contributed by atoms with van der Waals surface area (Å²) < 4.78 is 26.0.